The summed E-state index contributed by atoms with van der Waals surface area (Å²) in [5, 5.41) is 9.76. The second-order valence-corrected chi connectivity index (χ2v) is 7.82. The van der Waals surface area contributed by atoms with Crippen molar-refractivity contribution in [3.8, 4) is 0 Å². The van der Waals surface area contributed by atoms with Crippen LogP contribution in [0.15, 0.2) is 12.2 Å². The smallest absolute Gasteiger partial charge is 0.158 e. The summed E-state index contributed by atoms with van der Waals surface area (Å²) in [5.41, 5.74) is 0. The van der Waals surface area contributed by atoms with Crippen LogP contribution >= 0.6 is 0 Å². The van der Waals surface area contributed by atoms with E-state index in [1.807, 2.05) is 0 Å². The Hall–Kier alpha value is -0.460. The summed E-state index contributed by atoms with van der Waals surface area (Å²) in [7, 11) is 2.17. The average molecular weight is 354 g/mol. The molecule has 3 unspecified atom stereocenters. The molecule has 0 aromatic heterocycles. The molecule has 5 heteroatoms. The van der Waals surface area contributed by atoms with Gasteiger partial charge in [0.05, 0.1) is 12.2 Å². The number of rotatable bonds is 9. The molecule has 3 rings (SSSR count). The van der Waals surface area contributed by atoms with Crippen LogP contribution < -0.4 is 0 Å². The lowest BCUT2D eigenvalue weighted by Gasteiger charge is -2.34. The van der Waals surface area contributed by atoms with Gasteiger partial charge >= 0.3 is 0 Å². The summed E-state index contributed by atoms with van der Waals surface area (Å²) in [6.45, 7) is 3.96. The van der Waals surface area contributed by atoms with Crippen LogP contribution in [-0.4, -0.2) is 61.0 Å². The number of aliphatic hydroxyl groups excluding tert-OH is 1. The van der Waals surface area contributed by atoms with E-state index in [0.29, 0.717) is 12.0 Å². The van der Waals surface area contributed by atoms with E-state index in [9.17, 15) is 5.11 Å². The van der Waals surface area contributed by atoms with Crippen molar-refractivity contribution >= 4 is 0 Å². The van der Waals surface area contributed by atoms with E-state index >= 15 is 0 Å². The maximum Gasteiger partial charge on any atom is 0.158 e. The van der Waals surface area contributed by atoms with Crippen molar-refractivity contribution in [3.63, 3.8) is 0 Å². The second kappa shape index (κ2) is 9.47. The molecule has 0 aromatic carbocycles. The highest BCUT2D eigenvalue weighted by Crippen LogP contribution is 2.36. The van der Waals surface area contributed by atoms with Gasteiger partial charge in [-0.3, -0.25) is 4.90 Å². The minimum absolute atomic E-state index is 0.0303. The Morgan fingerprint density at radius 1 is 1.28 bits per heavy atom. The van der Waals surface area contributed by atoms with E-state index in [2.05, 4.69) is 31.0 Å². The zero-order valence-electron chi connectivity index (χ0n) is 15.8. The summed E-state index contributed by atoms with van der Waals surface area (Å²) in [5.74, 6) is 0.363. The fourth-order valence-electron chi connectivity index (χ4n) is 4.37. The van der Waals surface area contributed by atoms with Crippen LogP contribution in [0.5, 0.6) is 0 Å². The van der Waals surface area contributed by atoms with Gasteiger partial charge in [-0.2, -0.15) is 0 Å². The molecule has 144 valence electrons. The van der Waals surface area contributed by atoms with E-state index in [0.717, 1.165) is 38.8 Å². The van der Waals surface area contributed by atoms with Crippen molar-refractivity contribution in [2.24, 2.45) is 5.92 Å². The summed E-state index contributed by atoms with van der Waals surface area (Å²) in [6.07, 6.45) is 12.9. The summed E-state index contributed by atoms with van der Waals surface area (Å²) < 4.78 is 17.7. The quantitative estimate of drug-likeness (QED) is 0.510. The Labute approximate surface area is 152 Å². The SMILES string of the molecule is CCCCCC(CN(C)[C@@H]1C=C[C@H]2OC(O)C[C@@H]12)OC1CCCCO1. The third kappa shape index (κ3) is 5.27. The van der Waals surface area contributed by atoms with E-state index in [-0.39, 0.29) is 18.5 Å². The predicted octanol–water partition coefficient (Wildman–Crippen LogP) is 3.07. The van der Waals surface area contributed by atoms with Crippen molar-refractivity contribution < 1.29 is 19.3 Å². The van der Waals surface area contributed by atoms with E-state index in [1.54, 1.807) is 0 Å². The summed E-state index contributed by atoms with van der Waals surface area (Å²) in [4.78, 5) is 2.38. The van der Waals surface area contributed by atoms with Crippen LogP contribution in [0, 0.1) is 5.92 Å². The molecular formula is C20H35NO4. The Morgan fingerprint density at radius 2 is 2.16 bits per heavy atom. The van der Waals surface area contributed by atoms with Crippen molar-refractivity contribution in [2.75, 3.05) is 20.2 Å². The number of hydrogen-bond acceptors (Lipinski definition) is 5. The molecule has 2 aliphatic heterocycles. The van der Waals surface area contributed by atoms with Gasteiger partial charge in [0.2, 0.25) is 0 Å². The Balaban J connectivity index is 1.53. The fraction of sp³-hybridized carbons (Fsp3) is 0.900. The Kier molecular flexibility index (Phi) is 7.31. The highest BCUT2D eigenvalue weighted by Gasteiger charge is 2.42. The molecule has 3 aliphatic rings. The maximum absolute atomic E-state index is 9.76. The first kappa shape index (κ1) is 19.3. The van der Waals surface area contributed by atoms with Crippen LogP contribution in [-0.2, 0) is 14.2 Å². The van der Waals surface area contributed by atoms with Gasteiger partial charge in [0.25, 0.3) is 0 Å². The van der Waals surface area contributed by atoms with Crippen LogP contribution in [0.3, 0.4) is 0 Å². The lowest BCUT2D eigenvalue weighted by Crippen LogP contribution is -2.42. The molecule has 0 radical (unpaired) electrons. The maximum atomic E-state index is 9.76. The van der Waals surface area contributed by atoms with Crippen molar-refractivity contribution in [1.29, 1.82) is 0 Å². The van der Waals surface area contributed by atoms with E-state index in [1.165, 1.54) is 25.7 Å². The van der Waals surface area contributed by atoms with Gasteiger partial charge in [-0.15, -0.1) is 0 Å². The van der Waals surface area contributed by atoms with Gasteiger partial charge in [0, 0.05) is 31.5 Å². The first-order valence-corrected chi connectivity index (χ1v) is 10.2. The minimum Gasteiger partial charge on any atom is -0.368 e. The van der Waals surface area contributed by atoms with E-state index < -0.39 is 6.29 Å². The van der Waals surface area contributed by atoms with Gasteiger partial charge in [-0.05, 0) is 32.7 Å². The van der Waals surface area contributed by atoms with Gasteiger partial charge in [-0.1, -0.05) is 38.3 Å². The van der Waals surface area contributed by atoms with E-state index in [4.69, 9.17) is 14.2 Å². The van der Waals surface area contributed by atoms with Crippen LogP contribution in [0.2, 0.25) is 0 Å². The molecule has 1 N–H and O–H groups in total. The molecule has 0 bridgehead atoms. The van der Waals surface area contributed by atoms with Crippen molar-refractivity contribution in [1.82, 2.24) is 4.90 Å². The lowest BCUT2D eigenvalue weighted by molar-refractivity contribution is -0.192. The van der Waals surface area contributed by atoms with Crippen LogP contribution in [0.4, 0.5) is 0 Å². The monoisotopic (exact) mass is 353 g/mol. The third-order valence-corrected chi connectivity index (χ3v) is 5.76. The molecule has 0 aromatic rings. The molecule has 0 amide bonds. The molecule has 2 fully saturated rings. The number of aliphatic hydroxyl groups is 1. The van der Waals surface area contributed by atoms with Crippen molar-refractivity contribution in [3.05, 3.63) is 12.2 Å². The zero-order valence-corrected chi connectivity index (χ0v) is 15.8. The molecule has 1 aliphatic carbocycles. The van der Waals surface area contributed by atoms with Crippen molar-refractivity contribution in [2.45, 2.75) is 89.1 Å². The molecule has 2 saturated heterocycles. The molecular weight excluding hydrogens is 318 g/mol. The average Bonchev–Trinajstić information content (AvgIpc) is 3.14. The number of likely N-dealkylation sites (N-methyl/N-ethyl adjacent to an activating group) is 1. The molecule has 0 spiro atoms. The van der Waals surface area contributed by atoms with Crippen LogP contribution in [0.1, 0.15) is 58.3 Å². The van der Waals surface area contributed by atoms with Gasteiger partial charge in [0.15, 0.2) is 12.6 Å². The Morgan fingerprint density at radius 3 is 2.92 bits per heavy atom. The lowest BCUT2D eigenvalue weighted by atomic mass is 9.97. The molecule has 25 heavy (non-hydrogen) atoms. The highest BCUT2D eigenvalue weighted by atomic mass is 16.7. The predicted molar refractivity (Wildman–Crippen MR) is 97.2 cm³/mol. The van der Waals surface area contributed by atoms with Gasteiger partial charge in [0.1, 0.15) is 0 Å². The first-order valence-electron chi connectivity index (χ1n) is 10.2. The Bertz CT molecular complexity index is 424. The number of nitrogens with zero attached hydrogens (tertiary/aromatic N) is 1. The fourth-order valence-corrected chi connectivity index (χ4v) is 4.37. The molecule has 2 heterocycles. The standard InChI is InChI=1S/C20H35NO4/c1-3-4-5-8-15(24-20-9-6-7-12-23-20)14-21(2)17-10-11-18-16(17)13-19(22)25-18/h10-11,15-20,22H,3-9,12-14H2,1-2H3/t15?,16-,17+,18+,19?,20?/m0/s1. The number of hydrogen-bond donors (Lipinski definition) is 1. The summed E-state index contributed by atoms with van der Waals surface area (Å²) >= 11 is 0. The minimum atomic E-state index is -0.608. The zero-order chi connectivity index (χ0) is 17.6. The normalized spacial score (nSPS) is 36.1. The number of ether oxygens (including phenoxy) is 3. The molecule has 5 nitrogen and oxygen atoms in total. The topological polar surface area (TPSA) is 51.2 Å². The largest absolute Gasteiger partial charge is 0.368 e. The molecule has 0 saturated carbocycles. The second-order valence-electron chi connectivity index (χ2n) is 7.82. The highest BCUT2D eigenvalue weighted by molar-refractivity contribution is 5.14. The van der Waals surface area contributed by atoms with Crippen LogP contribution in [0.25, 0.3) is 0 Å². The van der Waals surface area contributed by atoms with Gasteiger partial charge < -0.3 is 19.3 Å². The first-order chi connectivity index (χ1) is 12.2. The van der Waals surface area contributed by atoms with Gasteiger partial charge in [-0.25, -0.2) is 0 Å². The number of unbranched alkanes of at least 4 members (excludes halogenated alkanes) is 2. The molecule has 6 atom stereocenters. The third-order valence-electron chi connectivity index (χ3n) is 5.76. The number of fused-ring (bicyclic) bond motifs is 1. The summed E-state index contributed by atoms with van der Waals surface area (Å²) in [6, 6.07) is 0.326.